The largest absolute Gasteiger partial charge is 0.394 e. The predicted molar refractivity (Wildman–Crippen MR) is 56.3 cm³/mol. The van der Waals surface area contributed by atoms with Gasteiger partial charge in [0.1, 0.15) is 24.2 Å². The number of aliphatic hydroxyl groups is 2. The predicted octanol–water partition coefficient (Wildman–Crippen LogP) is -0.633. The maximum Gasteiger partial charge on any atom is 0.182 e. The van der Waals surface area contributed by atoms with Gasteiger partial charge < -0.3 is 19.5 Å². The second-order valence-corrected chi connectivity index (χ2v) is 4.09. The molecule has 0 radical (unpaired) electrons. The number of alkyl halides is 1. The van der Waals surface area contributed by atoms with E-state index >= 15 is 0 Å². The average molecular weight is 254 g/mol. The van der Waals surface area contributed by atoms with Crippen molar-refractivity contribution >= 4 is 0 Å². The van der Waals surface area contributed by atoms with Crippen LogP contribution in [0.2, 0.25) is 0 Å². The Morgan fingerprint density at radius 3 is 2.94 bits per heavy atom. The van der Waals surface area contributed by atoms with Gasteiger partial charge in [-0.05, 0) is 0 Å². The Labute approximate surface area is 101 Å². The number of hydrogen-bond donors (Lipinski definition) is 2. The molecule has 0 unspecified atom stereocenters. The molecular formula is C10H11FN4O3. The van der Waals surface area contributed by atoms with Gasteiger partial charge in [-0.1, -0.05) is 0 Å². The molecule has 3 aliphatic rings. The van der Waals surface area contributed by atoms with Crippen LogP contribution in [-0.4, -0.2) is 54.7 Å². The highest BCUT2D eigenvalue weighted by molar-refractivity contribution is 5.47. The van der Waals surface area contributed by atoms with Crippen LogP contribution in [0.25, 0.3) is 11.5 Å². The van der Waals surface area contributed by atoms with Crippen LogP contribution in [0.4, 0.5) is 4.39 Å². The summed E-state index contributed by atoms with van der Waals surface area (Å²) in [6.45, 7) is -0.440. The zero-order chi connectivity index (χ0) is 12.7. The fourth-order valence-corrected chi connectivity index (χ4v) is 1.99. The molecule has 3 aliphatic heterocycles. The molecule has 1 saturated heterocycles. The highest BCUT2D eigenvalue weighted by Gasteiger charge is 2.44. The molecule has 2 N–H and O–H groups in total. The number of nitrogens with zero attached hydrogens (tertiary/aromatic N) is 4. The molecule has 7 nitrogen and oxygen atoms in total. The number of aromatic nitrogens is 4. The van der Waals surface area contributed by atoms with E-state index < -0.39 is 31.2 Å². The van der Waals surface area contributed by atoms with Gasteiger partial charge in [-0.25, -0.2) is 19.3 Å². The molecular weight excluding hydrogens is 243 g/mol. The highest BCUT2D eigenvalue weighted by Crippen LogP contribution is 2.32. The third kappa shape index (κ3) is 1.65. The molecule has 0 spiro atoms. The van der Waals surface area contributed by atoms with Crippen LogP contribution < -0.4 is 0 Å². The normalized spacial score (nSPS) is 32.2. The Morgan fingerprint density at radius 1 is 1.39 bits per heavy atom. The Hall–Kier alpha value is -1.64. The van der Waals surface area contributed by atoms with Gasteiger partial charge in [-0.2, -0.15) is 0 Å². The lowest BCUT2D eigenvalue weighted by Gasteiger charge is -2.17. The van der Waals surface area contributed by atoms with E-state index in [0.717, 1.165) is 0 Å². The standard InChI is InChI=1S/C10H11FN4O3/c11-7-8(17)6(2-16)18-10(7)15-1-5-9(14-4-15)13-3-12-5/h1,3-4,6-8,10,16-17H,2H2/t6-,7-,8-,10-/m1/s1. The van der Waals surface area contributed by atoms with Gasteiger partial charge in [0.25, 0.3) is 0 Å². The second-order valence-electron chi connectivity index (χ2n) is 4.09. The number of halogens is 1. The van der Waals surface area contributed by atoms with Gasteiger partial charge in [0, 0.05) is 6.20 Å². The van der Waals surface area contributed by atoms with Gasteiger partial charge in [0.15, 0.2) is 18.2 Å². The summed E-state index contributed by atoms with van der Waals surface area (Å²) in [5.41, 5.74) is 0.509. The first-order valence-corrected chi connectivity index (χ1v) is 5.43. The van der Waals surface area contributed by atoms with Gasteiger partial charge in [-0.3, -0.25) is 0 Å². The SMILES string of the molecule is OC[C@H]1O[C@@H](n2cnc3ncnc-3c2)[C@H](F)[C@@H]1O. The van der Waals surface area contributed by atoms with Crippen molar-refractivity contribution in [3.63, 3.8) is 0 Å². The molecule has 3 heterocycles. The third-order valence-electron chi connectivity index (χ3n) is 2.96. The summed E-state index contributed by atoms with van der Waals surface area (Å²) < 4.78 is 20.5. The maximum atomic E-state index is 13.9. The minimum Gasteiger partial charge on any atom is -0.394 e. The summed E-state index contributed by atoms with van der Waals surface area (Å²) in [5.74, 6) is 0.457. The van der Waals surface area contributed by atoms with Crippen LogP contribution in [0.1, 0.15) is 6.23 Å². The van der Waals surface area contributed by atoms with Gasteiger partial charge in [0.05, 0.1) is 12.9 Å². The van der Waals surface area contributed by atoms with Gasteiger partial charge in [-0.15, -0.1) is 0 Å². The summed E-state index contributed by atoms with van der Waals surface area (Å²) in [6.07, 6.45) is -0.678. The number of imidazole rings is 1. The molecule has 1 fully saturated rings. The van der Waals surface area contributed by atoms with Crippen molar-refractivity contribution in [2.45, 2.75) is 24.6 Å². The quantitative estimate of drug-likeness (QED) is 0.741. The first-order valence-electron chi connectivity index (χ1n) is 5.43. The van der Waals surface area contributed by atoms with Crippen molar-refractivity contribution < 1.29 is 19.3 Å². The third-order valence-corrected chi connectivity index (χ3v) is 2.96. The van der Waals surface area contributed by atoms with E-state index in [1.165, 1.54) is 17.2 Å². The molecule has 0 amide bonds. The van der Waals surface area contributed by atoms with Crippen LogP contribution in [0.15, 0.2) is 18.9 Å². The molecule has 18 heavy (non-hydrogen) atoms. The molecule has 0 aromatic rings. The zero-order valence-corrected chi connectivity index (χ0v) is 9.22. The van der Waals surface area contributed by atoms with E-state index in [2.05, 4.69) is 15.0 Å². The monoisotopic (exact) mass is 254 g/mol. The molecule has 0 aliphatic carbocycles. The summed E-state index contributed by atoms with van der Waals surface area (Å²) in [5, 5.41) is 18.5. The van der Waals surface area contributed by atoms with E-state index in [4.69, 9.17) is 9.84 Å². The molecule has 3 rings (SSSR count). The van der Waals surface area contributed by atoms with Gasteiger partial charge >= 0.3 is 0 Å². The molecule has 8 heteroatoms. The van der Waals surface area contributed by atoms with Gasteiger partial charge in [0.2, 0.25) is 0 Å². The van der Waals surface area contributed by atoms with E-state index in [0.29, 0.717) is 11.5 Å². The summed E-state index contributed by atoms with van der Waals surface area (Å²) >= 11 is 0. The summed E-state index contributed by atoms with van der Waals surface area (Å²) in [7, 11) is 0. The Balaban J connectivity index is 1.93. The molecule has 96 valence electrons. The minimum absolute atomic E-state index is 0.440. The van der Waals surface area contributed by atoms with Crippen LogP contribution in [0, 0.1) is 0 Å². The Kier molecular flexibility index (Phi) is 2.69. The van der Waals surface area contributed by atoms with Crippen molar-refractivity contribution in [1.29, 1.82) is 0 Å². The van der Waals surface area contributed by atoms with Crippen molar-refractivity contribution in [3.8, 4) is 11.5 Å². The first kappa shape index (κ1) is 11.5. The topological polar surface area (TPSA) is 93.3 Å². The van der Waals surface area contributed by atoms with Crippen molar-refractivity contribution in [3.05, 3.63) is 18.9 Å². The number of aliphatic hydroxyl groups excluding tert-OH is 2. The zero-order valence-electron chi connectivity index (χ0n) is 9.22. The molecule has 0 saturated carbocycles. The maximum absolute atomic E-state index is 13.9. The molecule has 0 aromatic carbocycles. The lowest BCUT2D eigenvalue weighted by atomic mass is 10.1. The molecule has 0 aromatic heterocycles. The average Bonchev–Trinajstić information content (AvgIpc) is 2.95. The van der Waals surface area contributed by atoms with Crippen LogP contribution in [-0.2, 0) is 4.74 Å². The Morgan fingerprint density at radius 2 is 2.22 bits per heavy atom. The highest BCUT2D eigenvalue weighted by atomic mass is 19.1. The second kappa shape index (κ2) is 4.23. The smallest absolute Gasteiger partial charge is 0.182 e. The van der Waals surface area contributed by atoms with E-state index in [-0.39, 0.29) is 0 Å². The summed E-state index contributed by atoms with van der Waals surface area (Å²) in [6, 6.07) is 0. The number of ether oxygens (including phenoxy) is 1. The Bertz CT molecular complexity index is 522. The van der Waals surface area contributed by atoms with E-state index in [1.807, 2.05) is 0 Å². The van der Waals surface area contributed by atoms with E-state index in [1.54, 1.807) is 6.20 Å². The fourth-order valence-electron chi connectivity index (χ4n) is 1.99. The lowest BCUT2D eigenvalue weighted by Crippen LogP contribution is -2.30. The number of rotatable bonds is 2. The molecule has 0 bridgehead atoms. The summed E-state index contributed by atoms with van der Waals surface area (Å²) in [4.78, 5) is 11.8. The lowest BCUT2D eigenvalue weighted by molar-refractivity contribution is -0.0478. The number of fused-ring (bicyclic) bond motifs is 1. The minimum atomic E-state index is -1.63. The van der Waals surface area contributed by atoms with Crippen LogP contribution in [0.3, 0.4) is 0 Å². The first-order chi connectivity index (χ1) is 8.70. The van der Waals surface area contributed by atoms with E-state index in [9.17, 15) is 9.50 Å². The molecule has 4 atom stereocenters. The number of hydrogen-bond acceptors (Lipinski definition) is 6. The van der Waals surface area contributed by atoms with Crippen molar-refractivity contribution in [1.82, 2.24) is 19.5 Å². The van der Waals surface area contributed by atoms with Crippen LogP contribution in [0.5, 0.6) is 0 Å². The van der Waals surface area contributed by atoms with Crippen molar-refractivity contribution in [2.24, 2.45) is 0 Å². The van der Waals surface area contributed by atoms with Crippen LogP contribution >= 0.6 is 0 Å². The van der Waals surface area contributed by atoms with Crippen molar-refractivity contribution in [2.75, 3.05) is 6.61 Å². The fraction of sp³-hybridized carbons (Fsp3) is 0.500.